The van der Waals surface area contributed by atoms with Crippen LogP contribution < -0.4 is 4.74 Å². The van der Waals surface area contributed by atoms with Crippen LogP contribution in [-0.4, -0.2) is 22.7 Å². The fourth-order valence-corrected chi connectivity index (χ4v) is 1.93. The maximum Gasteiger partial charge on any atom is 0.419 e. The minimum Gasteiger partial charge on any atom is -0.495 e. The molecule has 112 valence electrons. The van der Waals surface area contributed by atoms with Crippen LogP contribution >= 0.6 is 11.6 Å². The smallest absolute Gasteiger partial charge is 0.419 e. The molecule has 0 spiro atoms. The molecule has 0 atom stereocenters. The number of nitrogens with zero attached hydrogens (tertiary/aromatic N) is 2. The van der Waals surface area contributed by atoms with Crippen LogP contribution in [0, 0.1) is 0 Å². The largest absolute Gasteiger partial charge is 0.495 e. The van der Waals surface area contributed by atoms with E-state index in [1.54, 1.807) is 0 Å². The molecule has 0 aliphatic carbocycles. The molecule has 0 fully saturated rings. The van der Waals surface area contributed by atoms with Crippen LogP contribution in [0.5, 0.6) is 5.75 Å². The molecule has 0 unspecified atom stereocenters. The lowest BCUT2D eigenvalue weighted by Gasteiger charge is -2.06. The van der Waals surface area contributed by atoms with Gasteiger partial charge in [0.05, 0.1) is 23.9 Å². The first-order chi connectivity index (χ1) is 9.81. The number of aromatic nitrogens is 2. The number of methoxy groups -OCH3 is 1. The molecule has 0 saturated heterocycles. The number of benzene rings is 1. The molecule has 0 aliphatic heterocycles. The second-order valence-electron chi connectivity index (χ2n) is 4.20. The molecule has 1 aromatic carbocycles. The maximum absolute atomic E-state index is 12.4. The van der Waals surface area contributed by atoms with Gasteiger partial charge in [-0.2, -0.15) is 18.3 Å². The molecule has 0 radical (unpaired) electrons. The number of carbonyl (C=O) groups is 1. The monoisotopic (exact) mass is 318 g/mol. The first kappa shape index (κ1) is 15.4. The van der Waals surface area contributed by atoms with Crippen molar-refractivity contribution in [3.05, 3.63) is 46.7 Å². The molecule has 0 aliphatic rings. The number of Topliss-reactive ketones (excluding diaryl/α,β-unsaturated/α-hetero) is 1. The van der Waals surface area contributed by atoms with E-state index in [0.29, 0.717) is 11.9 Å². The molecule has 0 N–H and O–H groups in total. The highest BCUT2D eigenvalue weighted by Gasteiger charge is 2.32. The summed E-state index contributed by atoms with van der Waals surface area (Å²) < 4.78 is 43.2. The van der Waals surface area contributed by atoms with Crippen molar-refractivity contribution >= 4 is 17.4 Å². The van der Waals surface area contributed by atoms with Crippen molar-refractivity contribution < 1.29 is 22.7 Å². The lowest BCUT2D eigenvalue weighted by molar-refractivity contribution is -0.137. The molecular weight excluding hydrogens is 309 g/mol. The van der Waals surface area contributed by atoms with Gasteiger partial charge in [-0.3, -0.25) is 9.48 Å². The number of ketones is 1. The van der Waals surface area contributed by atoms with E-state index in [-0.39, 0.29) is 17.1 Å². The van der Waals surface area contributed by atoms with E-state index in [4.69, 9.17) is 16.3 Å². The van der Waals surface area contributed by atoms with Crippen LogP contribution in [-0.2, 0) is 12.7 Å². The Labute approximate surface area is 123 Å². The summed E-state index contributed by atoms with van der Waals surface area (Å²) in [5.41, 5.74) is -0.632. The van der Waals surface area contributed by atoms with Crippen LogP contribution in [0.15, 0.2) is 30.6 Å². The van der Waals surface area contributed by atoms with E-state index in [2.05, 4.69) is 5.10 Å². The normalized spacial score (nSPS) is 11.5. The Hall–Kier alpha value is -2.02. The van der Waals surface area contributed by atoms with Crippen molar-refractivity contribution in [2.75, 3.05) is 7.11 Å². The van der Waals surface area contributed by atoms with Crippen LogP contribution in [0.2, 0.25) is 5.02 Å². The second kappa shape index (κ2) is 5.77. The predicted octanol–water partition coefficient (Wildman–Crippen LogP) is 3.45. The van der Waals surface area contributed by atoms with Gasteiger partial charge in [-0.25, -0.2) is 0 Å². The van der Waals surface area contributed by atoms with E-state index < -0.39 is 17.5 Å². The molecule has 0 saturated carbocycles. The summed E-state index contributed by atoms with van der Waals surface area (Å²) in [7, 11) is 1.44. The third kappa shape index (κ3) is 3.55. The Morgan fingerprint density at radius 1 is 1.43 bits per heavy atom. The van der Waals surface area contributed by atoms with Crippen molar-refractivity contribution in [2.24, 2.45) is 0 Å². The minimum atomic E-state index is -4.48. The lowest BCUT2D eigenvalue weighted by atomic mass is 10.1. The fraction of sp³-hybridized carbons (Fsp3) is 0.231. The van der Waals surface area contributed by atoms with Gasteiger partial charge in [0.1, 0.15) is 12.3 Å². The minimum absolute atomic E-state index is 0.250. The summed E-state index contributed by atoms with van der Waals surface area (Å²) in [6, 6.07) is 4.40. The third-order valence-corrected chi connectivity index (χ3v) is 3.04. The van der Waals surface area contributed by atoms with Gasteiger partial charge in [0.25, 0.3) is 0 Å². The van der Waals surface area contributed by atoms with Crippen molar-refractivity contribution in [1.29, 1.82) is 0 Å². The number of alkyl halides is 3. The summed E-state index contributed by atoms with van der Waals surface area (Å²) in [5.74, 6) is 0.00282. The first-order valence-electron chi connectivity index (χ1n) is 5.77. The standard InChI is InChI=1S/C13H10ClF3N2O2/c1-21-12-3-2-8(4-10(12)14)11(20)7-19-6-9(5-18-19)13(15,16)17/h2-6H,7H2,1H3. The fourth-order valence-electron chi connectivity index (χ4n) is 1.67. The number of carbonyl (C=O) groups excluding carboxylic acids is 1. The van der Waals surface area contributed by atoms with E-state index in [1.807, 2.05) is 0 Å². The first-order valence-corrected chi connectivity index (χ1v) is 6.15. The zero-order valence-corrected chi connectivity index (χ0v) is 11.6. The molecular formula is C13H10ClF3N2O2. The van der Waals surface area contributed by atoms with Gasteiger partial charge in [-0.15, -0.1) is 0 Å². The Morgan fingerprint density at radius 3 is 2.67 bits per heavy atom. The van der Waals surface area contributed by atoms with Gasteiger partial charge >= 0.3 is 6.18 Å². The zero-order chi connectivity index (χ0) is 15.6. The highest BCUT2D eigenvalue weighted by Crippen LogP contribution is 2.28. The quantitative estimate of drug-likeness (QED) is 0.811. The number of hydrogen-bond acceptors (Lipinski definition) is 3. The number of halogens is 4. The molecule has 4 nitrogen and oxygen atoms in total. The molecule has 0 amide bonds. The predicted molar refractivity (Wildman–Crippen MR) is 69.6 cm³/mol. The maximum atomic E-state index is 12.4. The molecule has 1 heterocycles. The topological polar surface area (TPSA) is 44.1 Å². The van der Waals surface area contributed by atoms with Gasteiger partial charge in [0.2, 0.25) is 0 Å². The lowest BCUT2D eigenvalue weighted by Crippen LogP contribution is -2.11. The molecule has 2 aromatic rings. The summed E-state index contributed by atoms with van der Waals surface area (Å²) >= 11 is 5.89. The molecule has 0 bridgehead atoms. The molecule has 2 rings (SSSR count). The molecule has 21 heavy (non-hydrogen) atoms. The Bertz CT molecular complexity index is 668. The summed E-state index contributed by atoms with van der Waals surface area (Å²) in [6.45, 7) is -0.307. The number of ether oxygens (including phenoxy) is 1. The highest BCUT2D eigenvalue weighted by molar-refractivity contribution is 6.32. The Balaban J connectivity index is 2.14. The summed E-state index contributed by atoms with van der Waals surface area (Å²) in [4.78, 5) is 12.0. The van der Waals surface area contributed by atoms with Crippen molar-refractivity contribution in [2.45, 2.75) is 12.7 Å². The van der Waals surface area contributed by atoms with Crippen LogP contribution in [0.4, 0.5) is 13.2 Å². The molecule has 1 aromatic heterocycles. The van der Waals surface area contributed by atoms with Gasteiger partial charge in [0.15, 0.2) is 5.78 Å². The number of rotatable bonds is 4. The van der Waals surface area contributed by atoms with E-state index in [1.165, 1.54) is 25.3 Å². The Kier molecular flexibility index (Phi) is 4.22. The van der Waals surface area contributed by atoms with Crippen LogP contribution in [0.3, 0.4) is 0 Å². The van der Waals surface area contributed by atoms with Gasteiger partial charge in [-0.05, 0) is 18.2 Å². The molecule has 8 heteroatoms. The van der Waals surface area contributed by atoms with Gasteiger partial charge in [-0.1, -0.05) is 11.6 Å². The van der Waals surface area contributed by atoms with Crippen molar-refractivity contribution in [1.82, 2.24) is 9.78 Å². The van der Waals surface area contributed by atoms with Crippen molar-refractivity contribution in [3.8, 4) is 5.75 Å². The van der Waals surface area contributed by atoms with Gasteiger partial charge < -0.3 is 4.74 Å². The summed E-state index contributed by atoms with van der Waals surface area (Å²) in [6.07, 6.45) is -3.03. The van der Waals surface area contributed by atoms with Crippen molar-refractivity contribution in [3.63, 3.8) is 0 Å². The SMILES string of the molecule is COc1ccc(C(=O)Cn2cc(C(F)(F)F)cn2)cc1Cl. The van der Waals surface area contributed by atoms with Crippen LogP contribution in [0.1, 0.15) is 15.9 Å². The van der Waals surface area contributed by atoms with E-state index in [9.17, 15) is 18.0 Å². The average molecular weight is 319 g/mol. The van der Waals surface area contributed by atoms with Gasteiger partial charge in [0, 0.05) is 11.8 Å². The second-order valence-corrected chi connectivity index (χ2v) is 4.60. The van der Waals surface area contributed by atoms with Crippen LogP contribution in [0.25, 0.3) is 0 Å². The van der Waals surface area contributed by atoms with E-state index >= 15 is 0 Å². The third-order valence-electron chi connectivity index (χ3n) is 2.74. The average Bonchev–Trinajstić information content (AvgIpc) is 2.87. The highest BCUT2D eigenvalue weighted by atomic mass is 35.5. The van der Waals surface area contributed by atoms with E-state index in [0.717, 1.165) is 10.9 Å². The number of hydrogen-bond donors (Lipinski definition) is 0. The summed E-state index contributed by atoms with van der Waals surface area (Å²) in [5, 5.41) is 3.77. The Morgan fingerprint density at radius 2 is 2.14 bits per heavy atom. The zero-order valence-electron chi connectivity index (χ0n) is 10.8.